The van der Waals surface area contributed by atoms with Gasteiger partial charge in [0.15, 0.2) is 0 Å². The highest BCUT2D eigenvalue weighted by Gasteiger charge is 2.15. The minimum absolute atomic E-state index is 0.0469. The van der Waals surface area contributed by atoms with Gasteiger partial charge in [-0.25, -0.2) is 9.59 Å². The maximum Gasteiger partial charge on any atom is 0.338 e. The van der Waals surface area contributed by atoms with Crippen LogP contribution in [0.15, 0.2) is 24.3 Å². The number of hydrogen-bond donors (Lipinski definition) is 1. The molecule has 0 aliphatic rings. The van der Waals surface area contributed by atoms with E-state index in [-0.39, 0.29) is 11.1 Å². The van der Waals surface area contributed by atoms with E-state index in [4.69, 9.17) is 5.11 Å². The van der Waals surface area contributed by atoms with E-state index in [9.17, 15) is 9.59 Å². The molecule has 0 amide bonds. The summed E-state index contributed by atoms with van der Waals surface area (Å²) in [6, 6.07) is 5.90. The van der Waals surface area contributed by atoms with Crippen molar-refractivity contribution in [2.75, 3.05) is 7.11 Å². The highest BCUT2D eigenvalue weighted by Crippen LogP contribution is 2.09. The smallest absolute Gasteiger partial charge is 0.338 e. The standard InChI is InChI=1S/C9H8O4.C2H6/c1-13-9(12)7-5-3-2-4-6(7)8(10)11;1-2/h2-5H,1H3,(H,10,11);1-2H3. The topological polar surface area (TPSA) is 63.6 Å². The lowest BCUT2D eigenvalue weighted by Gasteiger charge is -2.02. The van der Waals surface area contributed by atoms with Crippen molar-refractivity contribution < 1.29 is 19.4 Å². The fourth-order valence-corrected chi connectivity index (χ4v) is 0.958. The van der Waals surface area contributed by atoms with Crippen LogP contribution in [0.1, 0.15) is 34.6 Å². The molecule has 0 fully saturated rings. The first-order valence-electron chi connectivity index (χ1n) is 4.57. The SMILES string of the molecule is CC.COC(=O)c1ccccc1C(=O)O. The van der Waals surface area contributed by atoms with Crippen molar-refractivity contribution in [3.05, 3.63) is 35.4 Å². The van der Waals surface area contributed by atoms with Crippen LogP contribution < -0.4 is 0 Å². The monoisotopic (exact) mass is 210 g/mol. The normalized spacial score (nSPS) is 8.47. The summed E-state index contributed by atoms with van der Waals surface area (Å²) in [6.07, 6.45) is 0. The largest absolute Gasteiger partial charge is 0.478 e. The maximum absolute atomic E-state index is 11.1. The molecule has 0 atom stereocenters. The van der Waals surface area contributed by atoms with Gasteiger partial charge in [-0.2, -0.15) is 0 Å². The molecule has 82 valence electrons. The van der Waals surface area contributed by atoms with Crippen LogP contribution >= 0.6 is 0 Å². The van der Waals surface area contributed by atoms with Crippen molar-refractivity contribution in [3.63, 3.8) is 0 Å². The number of aromatic carboxylic acids is 1. The minimum atomic E-state index is -1.14. The van der Waals surface area contributed by atoms with Gasteiger partial charge in [0.25, 0.3) is 0 Å². The summed E-state index contributed by atoms with van der Waals surface area (Å²) in [5.74, 6) is -1.78. The van der Waals surface area contributed by atoms with E-state index < -0.39 is 11.9 Å². The molecule has 1 rings (SSSR count). The predicted molar refractivity (Wildman–Crippen MR) is 56.1 cm³/mol. The van der Waals surface area contributed by atoms with E-state index in [2.05, 4.69) is 4.74 Å². The molecule has 0 radical (unpaired) electrons. The fourth-order valence-electron chi connectivity index (χ4n) is 0.958. The molecule has 0 aromatic heterocycles. The average Bonchev–Trinajstić information content (AvgIpc) is 2.30. The predicted octanol–water partition coefficient (Wildman–Crippen LogP) is 2.20. The molecular formula is C11H14O4. The maximum atomic E-state index is 11.1. The molecule has 4 heteroatoms. The van der Waals surface area contributed by atoms with E-state index in [0.717, 1.165) is 0 Å². The summed E-state index contributed by atoms with van der Waals surface area (Å²) in [5.41, 5.74) is 0.0202. The number of methoxy groups -OCH3 is 1. The zero-order valence-corrected chi connectivity index (χ0v) is 8.98. The zero-order valence-electron chi connectivity index (χ0n) is 8.98. The second-order valence-electron chi connectivity index (χ2n) is 2.34. The van der Waals surface area contributed by atoms with Crippen LogP contribution in [0.25, 0.3) is 0 Å². The number of esters is 1. The number of ether oxygens (including phenoxy) is 1. The minimum Gasteiger partial charge on any atom is -0.478 e. The lowest BCUT2D eigenvalue weighted by molar-refractivity contribution is 0.0582. The second-order valence-corrected chi connectivity index (χ2v) is 2.34. The Labute approximate surface area is 88.5 Å². The van der Waals surface area contributed by atoms with Crippen molar-refractivity contribution in [3.8, 4) is 0 Å². The van der Waals surface area contributed by atoms with Crippen LogP contribution in [-0.2, 0) is 4.74 Å². The van der Waals surface area contributed by atoms with Gasteiger partial charge < -0.3 is 9.84 Å². The Morgan fingerprint density at radius 2 is 1.60 bits per heavy atom. The van der Waals surface area contributed by atoms with Crippen molar-refractivity contribution in [2.45, 2.75) is 13.8 Å². The summed E-state index contributed by atoms with van der Waals surface area (Å²) in [5, 5.41) is 8.70. The van der Waals surface area contributed by atoms with Crippen LogP contribution in [0.3, 0.4) is 0 Å². The highest BCUT2D eigenvalue weighted by atomic mass is 16.5. The molecule has 0 saturated heterocycles. The van der Waals surface area contributed by atoms with E-state index in [1.54, 1.807) is 12.1 Å². The number of carboxylic acids is 1. The molecule has 4 nitrogen and oxygen atoms in total. The Morgan fingerprint density at radius 3 is 2.00 bits per heavy atom. The highest BCUT2D eigenvalue weighted by molar-refractivity contribution is 6.02. The third kappa shape index (κ3) is 3.42. The quantitative estimate of drug-likeness (QED) is 0.760. The summed E-state index contributed by atoms with van der Waals surface area (Å²) in [6.45, 7) is 4.00. The first-order valence-corrected chi connectivity index (χ1v) is 4.57. The van der Waals surface area contributed by atoms with Gasteiger partial charge >= 0.3 is 11.9 Å². The molecule has 0 heterocycles. The molecule has 0 bridgehead atoms. The number of carboxylic acid groups (broad SMARTS) is 1. The van der Waals surface area contributed by atoms with Crippen LogP contribution in [-0.4, -0.2) is 24.2 Å². The van der Waals surface area contributed by atoms with Gasteiger partial charge in [0.1, 0.15) is 0 Å². The molecule has 15 heavy (non-hydrogen) atoms. The van der Waals surface area contributed by atoms with Gasteiger partial charge in [-0.05, 0) is 12.1 Å². The Morgan fingerprint density at radius 1 is 1.13 bits per heavy atom. The lowest BCUT2D eigenvalue weighted by Crippen LogP contribution is -2.09. The average molecular weight is 210 g/mol. The Kier molecular flexibility index (Phi) is 5.78. The van der Waals surface area contributed by atoms with Gasteiger partial charge in [0.05, 0.1) is 18.2 Å². The van der Waals surface area contributed by atoms with Gasteiger partial charge in [0.2, 0.25) is 0 Å². The Hall–Kier alpha value is -1.84. The Bertz CT molecular complexity index is 344. The van der Waals surface area contributed by atoms with E-state index in [1.165, 1.54) is 19.2 Å². The number of rotatable bonds is 2. The number of hydrogen-bond acceptors (Lipinski definition) is 3. The second kappa shape index (κ2) is 6.59. The van der Waals surface area contributed by atoms with Crippen LogP contribution in [0, 0.1) is 0 Å². The van der Waals surface area contributed by atoms with Gasteiger partial charge in [-0.1, -0.05) is 26.0 Å². The van der Waals surface area contributed by atoms with Gasteiger partial charge in [-0.15, -0.1) is 0 Å². The lowest BCUT2D eigenvalue weighted by atomic mass is 10.1. The molecule has 0 aliphatic carbocycles. The summed E-state index contributed by atoms with van der Waals surface area (Å²) < 4.78 is 4.42. The number of carbonyl (C=O) groups excluding carboxylic acids is 1. The molecule has 0 spiro atoms. The van der Waals surface area contributed by atoms with Crippen molar-refractivity contribution in [1.29, 1.82) is 0 Å². The summed E-state index contributed by atoms with van der Waals surface area (Å²) >= 11 is 0. The molecule has 0 unspecified atom stereocenters. The molecule has 1 N–H and O–H groups in total. The zero-order chi connectivity index (χ0) is 11.8. The third-order valence-electron chi connectivity index (χ3n) is 1.56. The van der Waals surface area contributed by atoms with Crippen LogP contribution in [0.2, 0.25) is 0 Å². The molecular weight excluding hydrogens is 196 g/mol. The Balaban J connectivity index is 0.000000921. The number of benzene rings is 1. The first-order chi connectivity index (χ1) is 7.16. The molecule has 0 saturated carbocycles. The van der Waals surface area contributed by atoms with E-state index in [1.807, 2.05) is 13.8 Å². The van der Waals surface area contributed by atoms with Crippen LogP contribution in [0.5, 0.6) is 0 Å². The molecule has 1 aromatic rings. The molecule has 1 aromatic carbocycles. The summed E-state index contributed by atoms with van der Waals surface area (Å²) in [7, 11) is 1.21. The fraction of sp³-hybridized carbons (Fsp3) is 0.273. The van der Waals surface area contributed by atoms with E-state index >= 15 is 0 Å². The number of carbonyl (C=O) groups is 2. The summed E-state index contributed by atoms with van der Waals surface area (Å²) in [4.78, 5) is 21.7. The van der Waals surface area contributed by atoms with E-state index in [0.29, 0.717) is 0 Å². The van der Waals surface area contributed by atoms with Crippen molar-refractivity contribution >= 4 is 11.9 Å². The van der Waals surface area contributed by atoms with Crippen molar-refractivity contribution in [2.24, 2.45) is 0 Å². The van der Waals surface area contributed by atoms with Crippen molar-refractivity contribution in [1.82, 2.24) is 0 Å². The molecule has 0 aliphatic heterocycles. The van der Waals surface area contributed by atoms with Gasteiger partial charge in [-0.3, -0.25) is 0 Å². The van der Waals surface area contributed by atoms with Gasteiger partial charge in [0, 0.05) is 0 Å². The first kappa shape index (κ1) is 13.2. The van der Waals surface area contributed by atoms with Crippen LogP contribution in [0.4, 0.5) is 0 Å². The third-order valence-corrected chi connectivity index (χ3v) is 1.56.